The van der Waals surface area contributed by atoms with Gasteiger partial charge in [-0.15, -0.1) is 0 Å². The van der Waals surface area contributed by atoms with E-state index in [1.807, 2.05) is 54.6 Å². The highest BCUT2D eigenvalue weighted by Gasteiger charge is 2.21. The highest BCUT2D eigenvalue weighted by atomic mass is 35.5. The summed E-state index contributed by atoms with van der Waals surface area (Å²) in [7, 11) is 0. The number of carbonyl (C=O) groups is 1. The number of amides is 2. The fourth-order valence-electron chi connectivity index (χ4n) is 2.01. The van der Waals surface area contributed by atoms with Gasteiger partial charge < -0.3 is 10.6 Å². The predicted octanol–water partition coefficient (Wildman–Crippen LogP) is 4.44. The Labute approximate surface area is 130 Å². The molecule has 2 aromatic carbocycles. The van der Waals surface area contributed by atoms with Crippen LogP contribution >= 0.6 is 11.6 Å². The van der Waals surface area contributed by atoms with Crippen LogP contribution in [-0.4, -0.2) is 12.6 Å². The Morgan fingerprint density at radius 1 is 1.10 bits per heavy atom. The van der Waals surface area contributed by atoms with Crippen LogP contribution in [0.1, 0.15) is 19.4 Å². The van der Waals surface area contributed by atoms with E-state index in [9.17, 15) is 4.79 Å². The summed E-state index contributed by atoms with van der Waals surface area (Å²) in [5.41, 5.74) is 1.67. The molecule has 2 aromatic rings. The molecule has 0 heterocycles. The van der Waals surface area contributed by atoms with Gasteiger partial charge in [-0.25, -0.2) is 4.79 Å². The van der Waals surface area contributed by atoms with Crippen molar-refractivity contribution in [3.8, 4) is 0 Å². The molecule has 0 unspecified atom stereocenters. The molecule has 21 heavy (non-hydrogen) atoms. The Morgan fingerprint density at radius 3 is 2.48 bits per heavy atom. The van der Waals surface area contributed by atoms with Crippen molar-refractivity contribution in [1.29, 1.82) is 0 Å². The number of carbonyl (C=O) groups excluding carboxylic acids is 1. The van der Waals surface area contributed by atoms with E-state index in [-0.39, 0.29) is 11.4 Å². The van der Waals surface area contributed by atoms with Crippen molar-refractivity contribution in [3.63, 3.8) is 0 Å². The Bertz CT molecular complexity index is 611. The maximum Gasteiger partial charge on any atom is 0.319 e. The van der Waals surface area contributed by atoms with Gasteiger partial charge in [0.1, 0.15) is 0 Å². The fraction of sp³-hybridized carbons (Fsp3) is 0.235. The third-order valence-corrected chi connectivity index (χ3v) is 3.56. The third kappa shape index (κ3) is 4.50. The summed E-state index contributed by atoms with van der Waals surface area (Å²) in [6.07, 6.45) is 0. The summed E-state index contributed by atoms with van der Waals surface area (Å²) in [6.45, 7) is 4.66. The quantitative estimate of drug-likeness (QED) is 0.861. The number of anilines is 1. The SMILES string of the molecule is CC(C)(CNC(=O)Nc1ccccc1)c1cccc(Cl)c1. The molecule has 0 saturated carbocycles. The van der Waals surface area contributed by atoms with E-state index in [2.05, 4.69) is 24.5 Å². The topological polar surface area (TPSA) is 41.1 Å². The number of nitrogens with one attached hydrogen (secondary N) is 2. The largest absolute Gasteiger partial charge is 0.337 e. The molecule has 3 nitrogen and oxygen atoms in total. The highest BCUT2D eigenvalue weighted by molar-refractivity contribution is 6.30. The number of rotatable bonds is 4. The molecule has 0 aliphatic heterocycles. The predicted molar refractivity (Wildman–Crippen MR) is 87.9 cm³/mol. The average molecular weight is 303 g/mol. The number of para-hydroxylation sites is 1. The van der Waals surface area contributed by atoms with E-state index in [0.29, 0.717) is 11.6 Å². The Hall–Kier alpha value is -2.00. The van der Waals surface area contributed by atoms with Crippen LogP contribution in [0.3, 0.4) is 0 Å². The first-order valence-electron chi connectivity index (χ1n) is 6.83. The summed E-state index contributed by atoms with van der Waals surface area (Å²) in [6, 6.07) is 16.9. The van der Waals surface area contributed by atoms with Crippen LogP contribution in [0.5, 0.6) is 0 Å². The Balaban J connectivity index is 1.94. The molecule has 2 amide bonds. The normalized spacial score (nSPS) is 11.0. The standard InChI is InChI=1S/C17H19ClN2O/c1-17(2,13-7-6-8-14(18)11-13)12-19-16(21)20-15-9-4-3-5-10-15/h3-11H,12H2,1-2H3,(H2,19,20,21). The van der Waals surface area contributed by atoms with Crippen LogP contribution in [0.4, 0.5) is 10.5 Å². The maximum atomic E-state index is 11.9. The first-order valence-corrected chi connectivity index (χ1v) is 7.21. The monoisotopic (exact) mass is 302 g/mol. The molecule has 2 rings (SSSR count). The molecule has 110 valence electrons. The molecule has 0 bridgehead atoms. The molecular weight excluding hydrogens is 284 g/mol. The molecule has 0 aromatic heterocycles. The van der Waals surface area contributed by atoms with Crippen LogP contribution in [0.25, 0.3) is 0 Å². The van der Waals surface area contributed by atoms with Crippen molar-refractivity contribution >= 4 is 23.3 Å². The number of hydrogen-bond acceptors (Lipinski definition) is 1. The van der Waals surface area contributed by atoms with Gasteiger partial charge in [0.2, 0.25) is 0 Å². The third-order valence-electron chi connectivity index (χ3n) is 3.33. The number of urea groups is 1. The zero-order valence-corrected chi connectivity index (χ0v) is 12.9. The van der Waals surface area contributed by atoms with Crippen molar-refractivity contribution in [2.75, 3.05) is 11.9 Å². The van der Waals surface area contributed by atoms with Crippen LogP contribution in [0.15, 0.2) is 54.6 Å². The van der Waals surface area contributed by atoms with Crippen molar-refractivity contribution in [3.05, 3.63) is 65.2 Å². The summed E-state index contributed by atoms with van der Waals surface area (Å²) in [5.74, 6) is 0. The van der Waals surface area contributed by atoms with Gasteiger partial charge in [0.15, 0.2) is 0 Å². The van der Waals surface area contributed by atoms with Crippen LogP contribution < -0.4 is 10.6 Å². The van der Waals surface area contributed by atoms with E-state index < -0.39 is 0 Å². The molecule has 0 radical (unpaired) electrons. The van der Waals surface area contributed by atoms with Crippen molar-refractivity contribution in [2.45, 2.75) is 19.3 Å². The van der Waals surface area contributed by atoms with Crippen LogP contribution in [0, 0.1) is 0 Å². The molecule has 2 N–H and O–H groups in total. The lowest BCUT2D eigenvalue weighted by Crippen LogP contribution is -2.38. The average Bonchev–Trinajstić information content (AvgIpc) is 2.46. The van der Waals surface area contributed by atoms with E-state index in [1.165, 1.54) is 0 Å². The zero-order valence-electron chi connectivity index (χ0n) is 12.2. The smallest absolute Gasteiger partial charge is 0.319 e. The maximum absolute atomic E-state index is 11.9. The van der Waals surface area contributed by atoms with E-state index >= 15 is 0 Å². The van der Waals surface area contributed by atoms with Gasteiger partial charge >= 0.3 is 6.03 Å². The molecule has 0 saturated heterocycles. The van der Waals surface area contributed by atoms with Crippen LogP contribution in [-0.2, 0) is 5.41 Å². The molecule has 0 spiro atoms. The lowest BCUT2D eigenvalue weighted by Gasteiger charge is -2.26. The zero-order chi connectivity index (χ0) is 15.3. The molecule has 0 aliphatic rings. The summed E-state index contributed by atoms with van der Waals surface area (Å²) in [5, 5.41) is 6.40. The second-order valence-corrected chi connectivity index (χ2v) is 6.00. The Morgan fingerprint density at radius 2 is 1.81 bits per heavy atom. The van der Waals surface area contributed by atoms with Crippen molar-refractivity contribution < 1.29 is 4.79 Å². The molecule has 0 fully saturated rings. The minimum absolute atomic E-state index is 0.196. The molecular formula is C17H19ClN2O. The van der Waals surface area contributed by atoms with Gasteiger partial charge in [-0.1, -0.05) is 55.8 Å². The van der Waals surface area contributed by atoms with Gasteiger partial charge in [-0.05, 0) is 29.8 Å². The van der Waals surface area contributed by atoms with Crippen molar-refractivity contribution in [2.24, 2.45) is 0 Å². The fourth-order valence-corrected chi connectivity index (χ4v) is 2.20. The lowest BCUT2D eigenvalue weighted by atomic mass is 9.85. The summed E-state index contributed by atoms with van der Waals surface area (Å²) < 4.78 is 0. The second-order valence-electron chi connectivity index (χ2n) is 5.57. The number of hydrogen-bond donors (Lipinski definition) is 2. The minimum atomic E-state index is -0.212. The first-order chi connectivity index (χ1) is 9.97. The van der Waals surface area contributed by atoms with Gasteiger partial charge in [-0.3, -0.25) is 0 Å². The summed E-state index contributed by atoms with van der Waals surface area (Å²) in [4.78, 5) is 11.9. The van der Waals surface area contributed by atoms with Gasteiger partial charge in [0, 0.05) is 22.7 Å². The minimum Gasteiger partial charge on any atom is -0.337 e. The lowest BCUT2D eigenvalue weighted by molar-refractivity contribution is 0.249. The second kappa shape index (κ2) is 6.64. The van der Waals surface area contributed by atoms with E-state index in [4.69, 9.17) is 11.6 Å². The van der Waals surface area contributed by atoms with Gasteiger partial charge in [-0.2, -0.15) is 0 Å². The van der Waals surface area contributed by atoms with Gasteiger partial charge in [0.25, 0.3) is 0 Å². The number of benzene rings is 2. The van der Waals surface area contributed by atoms with Crippen molar-refractivity contribution in [1.82, 2.24) is 5.32 Å². The number of halogens is 1. The molecule has 4 heteroatoms. The molecule has 0 aliphatic carbocycles. The highest BCUT2D eigenvalue weighted by Crippen LogP contribution is 2.24. The summed E-state index contributed by atoms with van der Waals surface area (Å²) >= 11 is 6.02. The van der Waals surface area contributed by atoms with E-state index in [1.54, 1.807) is 0 Å². The van der Waals surface area contributed by atoms with Gasteiger partial charge in [0.05, 0.1) is 0 Å². The first kappa shape index (κ1) is 15.4. The van der Waals surface area contributed by atoms with E-state index in [0.717, 1.165) is 11.3 Å². The Kier molecular flexibility index (Phi) is 4.86. The molecule has 0 atom stereocenters. The van der Waals surface area contributed by atoms with Crippen LogP contribution in [0.2, 0.25) is 5.02 Å².